The van der Waals surface area contributed by atoms with Crippen molar-refractivity contribution in [1.29, 1.82) is 0 Å². The van der Waals surface area contributed by atoms with Crippen LogP contribution >= 0.6 is 0 Å². The van der Waals surface area contributed by atoms with Crippen LogP contribution in [0.15, 0.2) is 42.7 Å². The van der Waals surface area contributed by atoms with Crippen molar-refractivity contribution >= 4 is 31.5 Å². The number of hydrogen-bond donors (Lipinski definition) is 0. The van der Waals surface area contributed by atoms with Crippen molar-refractivity contribution in [2.45, 2.75) is 46.0 Å². The van der Waals surface area contributed by atoms with Gasteiger partial charge in [-0.1, -0.05) is 62.1 Å². The van der Waals surface area contributed by atoms with Crippen molar-refractivity contribution in [3.63, 3.8) is 0 Å². The number of rotatable bonds is 3. The van der Waals surface area contributed by atoms with Crippen LogP contribution in [0, 0.1) is 0 Å². The van der Waals surface area contributed by atoms with Gasteiger partial charge in [0.05, 0.1) is 8.07 Å². The summed E-state index contributed by atoms with van der Waals surface area (Å²) in [7, 11) is -1.58. The Balaban J connectivity index is 2.36. The van der Waals surface area contributed by atoms with E-state index in [9.17, 15) is 4.79 Å². The molecule has 0 bridgehead atoms. The molecule has 0 saturated carbocycles. The molecule has 0 unspecified atom stereocenters. The lowest BCUT2D eigenvalue weighted by Gasteiger charge is -2.19. The second-order valence-electron chi connectivity index (χ2n) is 8.01. The monoisotopic (exact) mass is 341 g/mol. The summed E-state index contributed by atoms with van der Waals surface area (Å²) in [6.45, 7) is 12.5. The molecule has 0 aliphatic carbocycles. The molecule has 0 fully saturated rings. The molecule has 1 aromatic heterocycles. The third-order valence-electron chi connectivity index (χ3n) is 3.52. The molecule has 0 N–H and O–H groups in total. The maximum absolute atomic E-state index is 12.4. The maximum Gasteiger partial charge on any atom is 0.418 e. The van der Waals surface area contributed by atoms with E-state index in [2.05, 4.69) is 43.9 Å². The molecule has 0 aliphatic rings. The molecule has 128 valence electrons. The van der Waals surface area contributed by atoms with Crippen molar-refractivity contribution in [1.82, 2.24) is 4.57 Å². The molecule has 2 rings (SSSR count). The highest BCUT2D eigenvalue weighted by Gasteiger charge is 2.24. The van der Waals surface area contributed by atoms with Crippen LogP contribution in [-0.2, 0) is 4.74 Å². The Bertz CT molecular complexity index is 731. The summed E-state index contributed by atoms with van der Waals surface area (Å²) < 4.78 is 7.06. The zero-order chi connectivity index (χ0) is 18.0. The summed E-state index contributed by atoms with van der Waals surface area (Å²) in [6.07, 6.45) is 7.65. The lowest BCUT2D eigenvalue weighted by Crippen LogP contribution is -2.38. The first-order chi connectivity index (χ1) is 11.1. The predicted molar refractivity (Wildman–Crippen MR) is 104 cm³/mol. The second kappa shape index (κ2) is 6.81. The van der Waals surface area contributed by atoms with Crippen LogP contribution in [0.25, 0.3) is 12.2 Å². The van der Waals surface area contributed by atoms with Crippen molar-refractivity contribution < 1.29 is 9.53 Å². The van der Waals surface area contributed by atoms with E-state index >= 15 is 0 Å². The number of benzene rings is 1. The molecule has 0 radical (unpaired) electrons. The van der Waals surface area contributed by atoms with Crippen LogP contribution in [0.5, 0.6) is 0 Å². The highest BCUT2D eigenvalue weighted by Crippen LogP contribution is 2.15. The lowest BCUT2D eigenvalue weighted by molar-refractivity contribution is 0.0537. The number of carbonyl (C=O) groups excluding carboxylic acids is 1. The SMILES string of the molecule is CC(C)(C)OC(=O)n1cc(/C=C/c2ccccc2)c([Si](C)(C)C)c1. The normalized spacial score (nSPS) is 12.6. The van der Waals surface area contributed by atoms with Gasteiger partial charge in [-0.25, -0.2) is 4.79 Å². The van der Waals surface area contributed by atoms with Gasteiger partial charge in [0.2, 0.25) is 0 Å². The molecule has 3 nitrogen and oxygen atoms in total. The molecule has 4 heteroatoms. The summed E-state index contributed by atoms with van der Waals surface area (Å²) >= 11 is 0. The lowest BCUT2D eigenvalue weighted by atomic mass is 10.2. The van der Waals surface area contributed by atoms with E-state index in [4.69, 9.17) is 4.74 Å². The summed E-state index contributed by atoms with van der Waals surface area (Å²) in [4.78, 5) is 12.4. The average molecular weight is 342 g/mol. The van der Waals surface area contributed by atoms with Gasteiger partial charge in [0.25, 0.3) is 0 Å². The number of carbonyl (C=O) groups is 1. The van der Waals surface area contributed by atoms with E-state index in [1.807, 2.05) is 51.4 Å². The fourth-order valence-electron chi connectivity index (χ4n) is 2.40. The van der Waals surface area contributed by atoms with Gasteiger partial charge < -0.3 is 4.74 Å². The van der Waals surface area contributed by atoms with Gasteiger partial charge in [0.15, 0.2) is 0 Å². The van der Waals surface area contributed by atoms with Crippen LogP contribution in [0.3, 0.4) is 0 Å². The van der Waals surface area contributed by atoms with E-state index in [-0.39, 0.29) is 6.09 Å². The van der Waals surface area contributed by atoms with Crippen molar-refractivity contribution in [2.75, 3.05) is 0 Å². The fraction of sp³-hybridized carbons (Fsp3) is 0.350. The van der Waals surface area contributed by atoms with E-state index in [1.165, 1.54) is 5.19 Å². The Labute approximate surface area is 146 Å². The number of nitrogens with zero attached hydrogens (tertiary/aromatic N) is 1. The molecule has 1 aromatic carbocycles. The topological polar surface area (TPSA) is 31.2 Å². The minimum atomic E-state index is -1.58. The highest BCUT2D eigenvalue weighted by atomic mass is 28.3. The minimum absolute atomic E-state index is 0.332. The smallest absolute Gasteiger partial charge is 0.418 e. The standard InChI is InChI=1S/C20H27NO2Si/c1-20(2,3)23-19(22)21-14-17(18(15-21)24(4,5)6)13-12-16-10-8-7-9-11-16/h7-15H,1-6H3/b13-12+. The summed E-state index contributed by atoms with van der Waals surface area (Å²) in [5, 5.41) is 1.25. The van der Waals surface area contributed by atoms with Gasteiger partial charge in [0.1, 0.15) is 5.60 Å². The quantitative estimate of drug-likeness (QED) is 0.737. The van der Waals surface area contributed by atoms with Crippen LogP contribution in [0.1, 0.15) is 31.9 Å². The molecule has 0 amide bonds. The Morgan fingerprint density at radius 1 is 1.04 bits per heavy atom. The first-order valence-electron chi connectivity index (χ1n) is 8.25. The summed E-state index contributed by atoms with van der Waals surface area (Å²) in [6, 6.07) is 10.2. The number of ether oxygens (including phenoxy) is 1. The predicted octanol–water partition coefficient (Wildman–Crippen LogP) is 4.99. The van der Waals surface area contributed by atoms with E-state index in [0.29, 0.717) is 0 Å². The van der Waals surface area contributed by atoms with E-state index < -0.39 is 13.7 Å². The molecule has 1 heterocycles. The van der Waals surface area contributed by atoms with Crippen molar-refractivity contribution in [3.8, 4) is 0 Å². The fourth-order valence-corrected chi connectivity index (χ4v) is 3.94. The molecule has 0 spiro atoms. The molecule has 0 aliphatic heterocycles. The van der Waals surface area contributed by atoms with Gasteiger partial charge in [-0.15, -0.1) is 0 Å². The van der Waals surface area contributed by atoms with Crippen LogP contribution < -0.4 is 5.19 Å². The molecule has 0 atom stereocenters. The van der Waals surface area contributed by atoms with Gasteiger partial charge in [-0.2, -0.15) is 0 Å². The molecular weight excluding hydrogens is 314 g/mol. The third-order valence-corrected chi connectivity index (χ3v) is 5.56. The molecule has 24 heavy (non-hydrogen) atoms. The van der Waals surface area contributed by atoms with Crippen LogP contribution in [-0.4, -0.2) is 24.3 Å². The number of hydrogen-bond acceptors (Lipinski definition) is 2. The van der Waals surface area contributed by atoms with Crippen LogP contribution in [0.2, 0.25) is 19.6 Å². The minimum Gasteiger partial charge on any atom is -0.443 e. The Hall–Kier alpha value is -2.07. The van der Waals surface area contributed by atoms with Crippen molar-refractivity contribution in [3.05, 3.63) is 53.9 Å². The van der Waals surface area contributed by atoms with Gasteiger partial charge in [-0.05, 0) is 37.1 Å². The van der Waals surface area contributed by atoms with Crippen molar-refractivity contribution in [2.24, 2.45) is 0 Å². The third kappa shape index (κ3) is 4.96. The summed E-state index contributed by atoms with van der Waals surface area (Å²) in [5.41, 5.74) is 1.73. The average Bonchev–Trinajstić information content (AvgIpc) is 2.89. The maximum atomic E-state index is 12.4. The van der Waals surface area contributed by atoms with Gasteiger partial charge >= 0.3 is 6.09 Å². The molecule has 0 saturated heterocycles. The van der Waals surface area contributed by atoms with E-state index in [1.54, 1.807) is 4.57 Å². The van der Waals surface area contributed by atoms with Crippen LogP contribution in [0.4, 0.5) is 4.79 Å². The zero-order valence-corrected chi connectivity index (χ0v) is 16.5. The Kier molecular flexibility index (Phi) is 5.18. The Morgan fingerprint density at radius 2 is 1.67 bits per heavy atom. The van der Waals surface area contributed by atoms with Gasteiger partial charge in [0, 0.05) is 12.4 Å². The summed E-state index contributed by atoms with van der Waals surface area (Å²) in [5.74, 6) is 0. The Morgan fingerprint density at radius 3 is 2.21 bits per heavy atom. The molecular formula is C20H27NO2Si. The molecule has 2 aromatic rings. The van der Waals surface area contributed by atoms with E-state index in [0.717, 1.165) is 11.1 Å². The zero-order valence-electron chi connectivity index (χ0n) is 15.5. The van der Waals surface area contributed by atoms with Gasteiger partial charge in [-0.3, -0.25) is 4.57 Å². The highest BCUT2D eigenvalue weighted by molar-refractivity contribution is 6.89. The largest absolute Gasteiger partial charge is 0.443 e. The number of aromatic nitrogens is 1. The first kappa shape index (κ1) is 18.3. The second-order valence-corrected chi connectivity index (χ2v) is 13.0. The first-order valence-corrected chi connectivity index (χ1v) is 11.8.